The van der Waals surface area contributed by atoms with Gasteiger partial charge in [0.15, 0.2) is 17.1 Å². The molecule has 2 N–H and O–H groups in total. The molecule has 11 nitrogen and oxygen atoms in total. The Balaban J connectivity index is 1.45. The maximum Gasteiger partial charge on any atom is 0.263 e. The lowest BCUT2D eigenvalue weighted by Crippen LogP contribution is -2.18. The molecule has 0 saturated carbocycles. The van der Waals surface area contributed by atoms with Gasteiger partial charge in [0, 0.05) is 12.1 Å². The first-order valence-corrected chi connectivity index (χ1v) is 11.3. The SMILES string of the molecule is COc1ccc(C=CC(=O)Nc2cc(C)nn2-c2nc3c(cnn3-c3ccccc3)c(=O)[nH]2)cc1OC. The minimum atomic E-state index is -0.395. The molecule has 2 aromatic carbocycles. The summed E-state index contributed by atoms with van der Waals surface area (Å²) in [6.45, 7) is 1.77. The number of para-hydroxylation sites is 1. The van der Waals surface area contributed by atoms with Crippen LogP contribution in [0.15, 0.2) is 71.7 Å². The predicted octanol–water partition coefficient (Wildman–Crippen LogP) is 3.27. The highest BCUT2D eigenvalue weighted by molar-refractivity contribution is 6.01. The van der Waals surface area contributed by atoms with Gasteiger partial charge in [0.2, 0.25) is 11.9 Å². The maximum atomic E-state index is 12.8. The van der Waals surface area contributed by atoms with Gasteiger partial charge in [-0.1, -0.05) is 24.3 Å². The predicted molar refractivity (Wildman–Crippen MR) is 139 cm³/mol. The molecule has 0 aliphatic rings. The van der Waals surface area contributed by atoms with Crippen LogP contribution in [-0.4, -0.2) is 49.7 Å². The molecular weight excluding hydrogens is 474 g/mol. The van der Waals surface area contributed by atoms with Gasteiger partial charge in [-0.15, -0.1) is 0 Å². The van der Waals surface area contributed by atoms with Gasteiger partial charge in [0.25, 0.3) is 5.56 Å². The summed E-state index contributed by atoms with van der Waals surface area (Å²) in [5, 5.41) is 11.9. The second-order valence-corrected chi connectivity index (χ2v) is 8.04. The minimum absolute atomic E-state index is 0.141. The summed E-state index contributed by atoms with van der Waals surface area (Å²) in [5.74, 6) is 1.23. The van der Waals surface area contributed by atoms with Crippen LogP contribution in [0.5, 0.6) is 11.5 Å². The van der Waals surface area contributed by atoms with Crippen LogP contribution in [0.25, 0.3) is 28.7 Å². The molecule has 11 heteroatoms. The summed E-state index contributed by atoms with van der Waals surface area (Å²) in [4.78, 5) is 32.9. The number of nitrogens with one attached hydrogen (secondary N) is 2. The lowest BCUT2D eigenvalue weighted by atomic mass is 10.2. The third kappa shape index (κ3) is 4.69. The topological polar surface area (TPSA) is 129 Å². The monoisotopic (exact) mass is 497 g/mol. The highest BCUT2D eigenvalue weighted by Gasteiger charge is 2.16. The molecule has 0 aliphatic heterocycles. The van der Waals surface area contributed by atoms with Crippen molar-refractivity contribution >= 4 is 28.8 Å². The number of H-pyrrole nitrogens is 1. The average Bonchev–Trinajstić information content (AvgIpc) is 3.51. The average molecular weight is 498 g/mol. The molecule has 0 spiro atoms. The van der Waals surface area contributed by atoms with Crippen molar-refractivity contribution in [2.75, 3.05) is 19.5 Å². The molecule has 37 heavy (non-hydrogen) atoms. The van der Waals surface area contributed by atoms with Gasteiger partial charge in [0.05, 0.1) is 31.8 Å². The summed E-state index contributed by atoms with van der Waals surface area (Å²) in [6, 6.07) is 16.4. The van der Waals surface area contributed by atoms with Gasteiger partial charge in [-0.05, 0) is 42.8 Å². The first-order chi connectivity index (χ1) is 18.0. The summed E-state index contributed by atoms with van der Waals surface area (Å²) in [5.41, 5.74) is 2.12. The Morgan fingerprint density at radius 3 is 2.57 bits per heavy atom. The van der Waals surface area contributed by atoms with Gasteiger partial charge < -0.3 is 14.8 Å². The van der Waals surface area contributed by atoms with Crippen LogP contribution >= 0.6 is 0 Å². The van der Waals surface area contributed by atoms with E-state index in [2.05, 4.69) is 25.5 Å². The zero-order valence-electron chi connectivity index (χ0n) is 20.3. The normalized spacial score (nSPS) is 11.2. The van der Waals surface area contributed by atoms with Crippen molar-refractivity contribution in [3.63, 3.8) is 0 Å². The van der Waals surface area contributed by atoms with Gasteiger partial charge in [0.1, 0.15) is 11.2 Å². The fourth-order valence-electron chi connectivity index (χ4n) is 3.81. The Bertz CT molecular complexity index is 1680. The quantitative estimate of drug-likeness (QED) is 0.330. The number of hydrogen-bond donors (Lipinski definition) is 2. The summed E-state index contributed by atoms with van der Waals surface area (Å²) in [6.07, 6.45) is 4.50. The standard InChI is InChI=1S/C26H23N7O4/c1-16-13-22(28-23(34)12-10-17-9-11-20(36-2)21(14-17)37-3)33(31-16)26-29-24-19(25(35)30-26)15-27-32(24)18-7-5-4-6-8-18/h4-15H,1-3H3,(H,28,34)(H,29,30,35). The number of carbonyl (C=O) groups is 1. The van der Waals surface area contributed by atoms with E-state index in [1.54, 1.807) is 56.2 Å². The molecule has 0 saturated heterocycles. The number of hydrogen-bond acceptors (Lipinski definition) is 7. The van der Waals surface area contributed by atoms with Crippen LogP contribution in [0.3, 0.4) is 0 Å². The van der Waals surface area contributed by atoms with Gasteiger partial charge in [-0.2, -0.15) is 19.9 Å². The van der Waals surface area contributed by atoms with Crippen LogP contribution in [-0.2, 0) is 4.79 Å². The lowest BCUT2D eigenvalue weighted by Gasteiger charge is -2.08. The number of aromatic nitrogens is 6. The van der Waals surface area contributed by atoms with Crippen LogP contribution < -0.4 is 20.3 Å². The Labute approximate surface area is 211 Å². The first kappa shape index (κ1) is 23.5. The molecule has 5 aromatic rings. The van der Waals surface area contributed by atoms with Gasteiger partial charge in [-0.3, -0.25) is 14.6 Å². The smallest absolute Gasteiger partial charge is 0.263 e. The molecular formula is C26H23N7O4. The summed E-state index contributed by atoms with van der Waals surface area (Å²) in [7, 11) is 3.10. The number of rotatable bonds is 7. The first-order valence-electron chi connectivity index (χ1n) is 11.3. The van der Waals surface area contributed by atoms with Crippen molar-refractivity contribution in [2.45, 2.75) is 6.92 Å². The van der Waals surface area contributed by atoms with E-state index < -0.39 is 5.91 Å². The van der Waals surface area contributed by atoms with E-state index in [9.17, 15) is 9.59 Å². The van der Waals surface area contributed by atoms with E-state index in [1.807, 2.05) is 30.3 Å². The van der Waals surface area contributed by atoms with Crippen molar-refractivity contribution in [2.24, 2.45) is 0 Å². The second kappa shape index (κ2) is 9.82. The number of aromatic amines is 1. The Kier molecular flexibility index (Phi) is 6.25. The Morgan fingerprint density at radius 2 is 1.81 bits per heavy atom. The van der Waals surface area contributed by atoms with E-state index in [1.165, 1.54) is 17.0 Å². The van der Waals surface area contributed by atoms with E-state index >= 15 is 0 Å². The number of carbonyl (C=O) groups excluding carboxylic acids is 1. The number of amides is 1. The number of methoxy groups -OCH3 is 2. The van der Waals surface area contributed by atoms with Crippen LogP contribution in [0.2, 0.25) is 0 Å². The molecule has 0 radical (unpaired) electrons. The molecule has 0 aliphatic carbocycles. The Hall–Kier alpha value is -5.19. The number of ether oxygens (including phenoxy) is 2. The number of benzene rings is 2. The molecule has 0 bridgehead atoms. The molecule has 0 unspecified atom stereocenters. The Morgan fingerprint density at radius 1 is 1.03 bits per heavy atom. The molecule has 0 fully saturated rings. The van der Waals surface area contributed by atoms with Crippen LogP contribution in [0, 0.1) is 6.92 Å². The van der Waals surface area contributed by atoms with E-state index in [-0.39, 0.29) is 11.5 Å². The minimum Gasteiger partial charge on any atom is -0.493 e. The lowest BCUT2D eigenvalue weighted by molar-refractivity contribution is -0.111. The molecule has 5 rings (SSSR count). The highest BCUT2D eigenvalue weighted by atomic mass is 16.5. The maximum absolute atomic E-state index is 12.8. The zero-order valence-corrected chi connectivity index (χ0v) is 20.3. The number of aryl methyl sites for hydroxylation is 1. The van der Waals surface area contributed by atoms with Crippen LogP contribution in [0.4, 0.5) is 5.82 Å². The van der Waals surface area contributed by atoms with Crippen molar-refractivity contribution in [1.82, 2.24) is 29.5 Å². The van der Waals surface area contributed by atoms with Crippen LogP contribution in [0.1, 0.15) is 11.3 Å². The van der Waals surface area contributed by atoms with Crippen molar-refractivity contribution in [3.05, 3.63) is 88.5 Å². The largest absolute Gasteiger partial charge is 0.493 e. The molecule has 0 atom stereocenters. The number of fused-ring (bicyclic) bond motifs is 1. The van der Waals surface area contributed by atoms with E-state index in [0.717, 1.165) is 11.3 Å². The molecule has 186 valence electrons. The fourth-order valence-corrected chi connectivity index (χ4v) is 3.81. The van der Waals surface area contributed by atoms with Crippen molar-refractivity contribution in [3.8, 4) is 23.1 Å². The number of anilines is 1. The van der Waals surface area contributed by atoms with E-state index in [0.29, 0.717) is 34.0 Å². The summed E-state index contributed by atoms with van der Waals surface area (Å²) >= 11 is 0. The van der Waals surface area contributed by atoms with Crippen molar-refractivity contribution in [1.29, 1.82) is 0 Å². The third-order valence-electron chi connectivity index (χ3n) is 5.54. The highest BCUT2D eigenvalue weighted by Crippen LogP contribution is 2.28. The molecule has 1 amide bonds. The van der Waals surface area contributed by atoms with Gasteiger partial charge >= 0.3 is 0 Å². The molecule has 3 aromatic heterocycles. The van der Waals surface area contributed by atoms with Crippen molar-refractivity contribution < 1.29 is 14.3 Å². The second-order valence-electron chi connectivity index (χ2n) is 8.04. The van der Waals surface area contributed by atoms with E-state index in [4.69, 9.17) is 9.47 Å². The number of nitrogens with zero attached hydrogens (tertiary/aromatic N) is 5. The third-order valence-corrected chi connectivity index (χ3v) is 5.54. The van der Waals surface area contributed by atoms with Gasteiger partial charge in [-0.25, -0.2) is 4.68 Å². The zero-order chi connectivity index (χ0) is 25.9. The fraction of sp³-hybridized carbons (Fsp3) is 0.115. The summed E-state index contributed by atoms with van der Waals surface area (Å²) < 4.78 is 13.5. The molecule has 3 heterocycles.